The summed E-state index contributed by atoms with van der Waals surface area (Å²) in [6.07, 6.45) is 13.7. The summed E-state index contributed by atoms with van der Waals surface area (Å²) < 4.78 is 6.41. The molecule has 0 spiro atoms. The molecule has 1 N–H and O–H groups in total. The van der Waals surface area contributed by atoms with E-state index in [1.807, 2.05) is 6.92 Å². The highest BCUT2D eigenvalue weighted by atomic mass is 16.5. The molecule has 2 rings (SSSR count). The number of hydrogen-bond donors (Lipinski definition) is 1. The van der Waals surface area contributed by atoms with E-state index in [1.54, 1.807) is 0 Å². The molecule has 3 nitrogen and oxygen atoms in total. The average molecular weight is 335 g/mol. The molecule has 0 aromatic rings. The Morgan fingerprint density at radius 2 is 1.71 bits per heavy atom. The average Bonchev–Trinajstić information content (AvgIpc) is 2.60. The Hall–Kier alpha value is -0.560. The van der Waals surface area contributed by atoms with Crippen molar-refractivity contribution >= 4 is 0 Å². The van der Waals surface area contributed by atoms with Crippen molar-refractivity contribution in [3.05, 3.63) is 0 Å². The van der Waals surface area contributed by atoms with E-state index >= 15 is 0 Å². The fraction of sp³-hybridized carbons (Fsp3) is 0.905. The first-order valence-electron chi connectivity index (χ1n) is 10.3. The van der Waals surface area contributed by atoms with Gasteiger partial charge in [-0.2, -0.15) is 0 Å². The fourth-order valence-electron chi connectivity index (χ4n) is 4.13. The standard InChI is InChI=1S/C21H38N2O/c1-4-13-20(5-2)24-21-16-22-18(3)17-23(21)19-14-11-9-7-6-8-10-12-15-19/h18-22H,5-12,14-17H2,1-3H3/t18-,20-,21?/m1/s1. The van der Waals surface area contributed by atoms with Crippen LogP contribution in [-0.2, 0) is 4.74 Å². The maximum Gasteiger partial charge on any atom is 0.125 e. The van der Waals surface area contributed by atoms with E-state index in [9.17, 15) is 0 Å². The molecule has 1 aliphatic heterocycles. The molecular formula is C21H38N2O. The molecule has 3 heteroatoms. The highest BCUT2D eigenvalue weighted by Gasteiger charge is 2.32. The van der Waals surface area contributed by atoms with Crippen molar-refractivity contribution < 1.29 is 4.74 Å². The molecule has 0 amide bonds. The zero-order valence-electron chi connectivity index (χ0n) is 16.2. The van der Waals surface area contributed by atoms with Crippen LogP contribution in [0.25, 0.3) is 0 Å². The van der Waals surface area contributed by atoms with E-state index in [0.29, 0.717) is 12.1 Å². The van der Waals surface area contributed by atoms with Crippen molar-refractivity contribution in [1.29, 1.82) is 0 Å². The van der Waals surface area contributed by atoms with E-state index in [0.717, 1.165) is 19.5 Å². The molecule has 0 radical (unpaired) electrons. The molecule has 2 fully saturated rings. The van der Waals surface area contributed by atoms with Crippen LogP contribution in [0.15, 0.2) is 0 Å². The molecule has 3 atom stereocenters. The third-order valence-electron chi connectivity index (χ3n) is 5.54. The van der Waals surface area contributed by atoms with Gasteiger partial charge in [0.05, 0.1) is 0 Å². The zero-order valence-corrected chi connectivity index (χ0v) is 16.2. The number of piperazine rings is 1. The van der Waals surface area contributed by atoms with Gasteiger partial charge < -0.3 is 10.1 Å². The summed E-state index contributed by atoms with van der Waals surface area (Å²) in [5.41, 5.74) is 0. The van der Waals surface area contributed by atoms with Gasteiger partial charge in [0.25, 0.3) is 0 Å². The van der Waals surface area contributed by atoms with Gasteiger partial charge in [0.2, 0.25) is 0 Å². The largest absolute Gasteiger partial charge is 0.346 e. The van der Waals surface area contributed by atoms with E-state index in [-0.39, 0.29) is 12.3 Å². The lowest BCUT2D eigenvalue weighted by atomic mass is 9.95. The maximum absolute atomic E-state index is 6.41. The maximum atomic E-state index is 6.41. The van der Waals surface area contributed by atoms with Gasteiger partial charge >= 0.3 is 0 Å². The summed E-state index contributed by atoms with van der Waals surface area (Å²) in [4.78, 5) is 2.67. The van der Waals surface area contributed by atoms with Gasteiger partial charge in [-0.15, -0.1) is 5.92 Å². The van der Waals surface area contributed by atoms with Gasteiger partial charge in [0.1, 0.15) is 12.3 Å². The molecule has 1 aliphatic carbocycles. The summed E-state index contributed by atoms with van der Waals surface area (Å²) >= 11 is 0. The van der Waals surface area contributed by atoms with Gasteiger partial charge in [-0.05, 0) is 33.1 Å². The van der Waals surface area contributed by atoms with Gasteiger partial charge in [0, 0.05) is 25.2 Å². The van der Waals surface area contributed by atoms with Crippen molar-refractivity contribution in [2.45, 2.75) is 109 Å². The zero-order chi connectivity index (χ0) is 17.2. The normalized spacial score (nSPS) is 29.5. The van der Waals surface area contributed by atoms with Gasteiger partial charge in [-0.3, -0.25) is 4.90 Å². The van der Waals surface area contributed by atoms with Crippen LogP contribution < -0.4 is 5.32 Å². The Bertz CT molecular complexity index is 390. The first-order valence-corrected chi connectivity index (χ1v) is 10.3. The van der Waals surface area contributed by atoms with Gasteiger partial charge in [-0.25, -0.2) is 0 Å². The van der Waals surface area contributed by atoms with E-state index < -0.39 is 0 Å². The molecule has 24 heavy (non-hydrogen) atoms. The SMILES string of the molecule is CC#C[C@@H](CC)OC1CN[C@H](C)CN1C1CCCCCCCCC1. The summed E-state index contributed by atoms with van der Waals surface area (Å²) in [5.74, 6) is 6.26. The number of ether oxygens (including phenoxy) is 1. The van der Waals surface area contributed by atoms with Crippen LogP contribution in [0.3, 0.4) is 0 Å². The molecule has 0 aromatic heterocycles. The van der Waals surface area contributed by atoms with Crippen molar-refractivity contribution in [3.8, 4) is 11.8 Å². The second-order valence-corrected chi connectivity index (χ2v) is 7.59. The second kappa shape index (κ2) is 11.1. The minimum Gasteiger partial charge on any atom is -0.346 e. The third kappa shape index (κ3) is 6.39. The summed E-state index contributed by atoms with van der Waals surface area (Å²) in [6, 6.07) is 1.24. The molecule has 2 aliphatic rings. The third-order valence-corrected chi connectivity index (χ3v) is 5.54. The predicted molar refractivity (Wildman–Crippen MR) is 102 cm³/mol. The highest BCUT2D eigenvalue weighted by molar-refractivity contribution is 5.02. The number of hydrogen-bond acceptors (Lipinski definition) is 3. The van der Waals surface area contributed by atoms with Crippen molar-refractivity contribution in [2.24, 2.45) is 0 Å². The van der Waals surface area contributed by atoms with Gasteiger partial charge in [0.15, 0.2) is 0 Å². The molecule has 0 bridgehead atoms. The van der Waals surface area contributed by atoms with Crippen LogP contribution in [0.1, 0.15) is 85.0 Å². The van der Waals surface area contributed by atoms with Crippen LogP contribution >= 0.6 is 0 Å². The van der Waals surface area contributed by atoms with Crippen LogP contribution in [0.4, 0.5) is 0 Å². The molecule has 1 heterocycles. The van der Waals surface area contributed by atoms with Crippen molar-refractivity contribution in [3.63, 3.8) is 0 Å². The molecule has 138 valence electrons. The lowest BCUT2D eigenvalue weighted by molar-refractivity contribution is -0.118. The van der Waals surface area contributed by atoms with Crippen LogP contribution in [0.2, 0.25) is 0 Å². The Balaban J connectivity index is 2.02. The lowest BCUT2D eigenvalue weighted by Crippen LogP contribution is -2.60. The van der Waals surface area contributed by atoms with Crippen molar-refractivity contribution in [2.75, 3.05) is 13.1 Å². The second-order valence-electron chi connectivity index (χ2n) is 7.59. The van der Waals surface area contributed by atoms with E-state index in [4.69, 9.17) is 4.74 Å². The fourth-order valence-corrected chi connectivity index (χ4v) is 4.13. The topological polar surface area (TPSA) is 24.5 Å². The molecule has 1 saturated heterocycles. The Morgan fingerprint density at radius 1 is 1.08 bits per heavy atom. The van der Waals surface area contributed by atoms with Crippen LogP contribution in [-0.4, -0.2) is 42.4 Å². The number of rotatable bonds is 4. The lowest BCUT2D eigenvalue weighted by Gasteiger charge is -2.44. The van der Waals surface area contributed by atoms with Gasteiger partial charge in [-0.1, -0.05) is 57.8 Å². The number of nitrogens with one attached hydrogen (secondary N) is 1. The minimum absolute atomic E-state index is 0.0669. The summed E-state index contributed by atoms with van der Waals surface area (Å²) in [5, 5.41) is 3.61. The first-order chi connectivity index (χ1) is 11.7. The predicted octanol–water partition coefficient (Wildman–Crippen LogP) is 4.32. The molecule has 0 aromatic carbocycles. The van der Waals surface area contributed by atoms with Crippen LogP contribution in [0.5, 0.6) is 0 Å². The number of nitrogens with zero attached hydrogens (tertiary/aromatic N) is 1. The molecule has 1 unspecified atom stereocenters. The quantitative estimate of drug-likeness (QED) is 0.775. The molecule has 1 saturated carbocycles. The highest BCUT2D eigenvalue weighted by Crippen LogP contribution is 2.25. The van der Waals surface area contributed by atoms with E-state index in [2.05, 4.69) is 35.9 Å². The molecular weight excluding hydrogens is 296 g/mol. The summed E-state index contributed by atoms with van der Waals surface area (Å²) in [6.45, 7) is 8.41. The Kier molecular flexibility index (Phi) is 9.17. The van der Waals surface area contributed by atoms with Crippen LogP contribution in [0, 0.1) is 11.8 Å². The monoisotopic (exact) mass is 334 g/mol. The smallest absolute Gasteiger partial charge is 0.125 e. The first kappa shape index (κ1) is 19.8. The summed E-state index contributed by atoms with van der Waals surface area (Å²) in [7, 11) is 0. The van der Waals surface area contributed by atoms with Crippen molar-refractivity contribution in [1.82, 2.24) is 10.2 Å². The Morgan fingerprint density at radius 3 is 2.29 bits per heavy atom. The minimum atomic E-state index is 0.0669. The Labute approximate surface area is 149 Å². The van der Waals surface area contributed by atoms with E-state index in [1.165, 1.54) is 57.8 Å².